The smallest absolute Gasteiger partial charge is 0.251 e. The maximum atomic E-state index is 12.1. The number of ether oxygens (including phenoxy) is 1. The number of amides is 1. The molecule has 0 spiro atoms. The molecule has 0 bridgehead atoms. The molecule has 5 nitrogen and oxygen atoms in total. The molecule has 118 valence electrons. The Labute approximate surface area is 134 Å². The van der Waals surface area contributed by atoms with E-state index in [1.54, 1.807) is 12.3 Å². The zero-order valence-electron chi connectivity index (χ0n) is 12.8. The monoisotopic (exact) mass is 319 g/mol. The molecular weight excluding hydrogens is 298 g/mol. The van der Waals surface area contributed by atoms with Crippen LogP contribution in [0.3, 0.4) is 0 Å². The summed E-state index contributed by atoms with van der Waals surface area (Å²) in [5.41, 5.74) is 1.48. The summed E-state index contributed by atoms with van der Waals surface area (Å²) < 4.78 is 5.44. The number of rotatable bonds is 8. The van der Waals surface area contributed by atoms with Crippen LogP contribution in [0.4, 0.5) is 10.8 Å². The highest BCUT2D eigenvalue weighted by Crippen LogP contribution is 2.19. The van der Waals surface area contributed by atoms with Crippen molar-refractivity contribution in [2.45, 2.75) is 26.4 Å². The highest BCUT2D eigenvalue weighted by Gasteiger charge is 2.06. The molecule has 1 amide bonds. The largest absolute Gasteiger partial charge is 0.379 e. The Morgan fingerprint density at radius 2 is 2.27 bits per heavy atom. The van der Waals surface area contributed by atoms with Gasteiger partial charge in [-0.25, -0.2) is 4.98 Å². The number of hydrogen-bond donors (Lipinski definition) is 2. The van der Waals surface area contributed by atoms with Gasteiger partial charge in [0, 0.05) is 36.0 Å². The van der Waals surface area contributed by atoms with Gasteiger partial charge in [-0.3, -0.25) is 4.79 Å². The number of nitrogens with zero attached hydrogens (tertiary/aromatic N) is 1. The fourth-order valence-corrected chi connectivity index (χ4v) is 2.39. The van der Waals surface area contributed by atoms with Gasteiger partial charge in [0.1, 0.15) is 0 Å². The summed E-state index contributed by atoms with van der Waals surface area (Å²) in [7, 11) is 0. The second kappa shape index (κ2) is 8.51. The summed E-state index contributed by atoms with van der Waals surface area (Å²) in [5.74, 6) is -0.0765. The quantitative estimate of drug-likeness (QED) is 0.732. The number of carbonyl (C=O) groups is 1. The summed E-state index contributed by atoms with van der Waals surface area (Å²) in [5, 5.41) is 8.78. The van der Waals surface area contributed by atoms with Crippen molar-refractivity contribution in [3.8, 4) is 0 Å². The van der Waals surface area contributed by atoms with E-state index in [0.717, 1.165) is 17.2 Å². The molecule has 0 aliphatic carbocycles. The molecule has 2 rings (SSSR count). The van der Waals surface area contributed by atoms with Crippen LogP contribution in [-0.4, -0.2) is 30.1 Å². The van der Waals surface area contributed by atoms with Crippen LogP contribution in [-0.2, 0) is 4.74 Å². The van der Waals surface area contributed by atoms with Crippen LogP contribution in [0.25, 0.3) is 0 Å². The van der Waals surface area contributed by atoms with E-state index in [4.69, 9.17) is 4.74 Å². The molecule has 2 aromatic rings. The lowest BCUT2D eigenvalue weighted by molar-refractivity contribution is 0.0757. The first-order valence-electron chi connectivity index (χ1n) is 7.31. The van der Waals surface area contributed by atoms with Gasteiger partial charge in [0.2, 0.25) is 0 Å². The minimum absolute atomic E-state index is 0.0765. The molecule has 1 aromatic heterocycles. The van der Waals surface area contributed by atoms with Crippen molar-refractivity contribution in [1.82, 2.24) is 10.3 Å². The third kappa shape index (κ3) is 5.46. The minimum Gasteiger partial charge on any atom is -0.379 e. The van der Waals surface area contributed by atoms with Crippen LogP contribution < -0.4 is 10.6 Å². The summed E-state index contributed by atoms with van der Waals surface area (Å²) in [4.78, 5) is 16.3. The Bertz CT molecular complexity index is 585. The number of nitrogens with one attached hydrogen (secondary N) is 2. The van der Waals surface area contributed by atoms with Gasteiger partial charge in [0.25, 0.3) is 5.91 Å². The minimum atomic E-state index is -0.0765. The van der Waals surface area contributed by atoms with Gasteiger partial charge >= 0.3 is 0 Å². The lowest BCUT2D eigenvalue weighted by Gasteiger charge is -2.09. The molecule has 1 aromatic carbocycles. The number of thiazole rings is 1. The number of anilines is 2. The van der Waals surface area contributed by atoms with Crippen molar-refractivity contribution < 1.29 is 9.53 Å². The fourth-order valence-electron chi connectivity index (χ4n) is 1.84. The Morgan fingerprint density at radius 3 is 3.00 bits per heavy atom. The second-order valence-corrected chi connectivity index (χ2v) is 5.97. The third-order valence-electron chi connectivity index (χ3n) is 2.87. The highest BCUT2D eigenvalue weighted by atomic mass is 32.1. The lowest BCUT2D eigenvalue weighted by atomic mass is 10.2. The molecule has 0 fully saturated rings. The lowest BCUT2D eigenvalue weighted by Crippen LogP contribution is -2.25. The van der Waals surface area contributed by atoms with Crippen molar-refractivity contribution in [2.24, 2.45) is 0 Å². The van der Waals surface area contributed by atoms with E-state index >= 15 is 0 Å². The Hall–Kier alpha value is -1.92. The standard InChI is InChI=1S/C16H21N3O2S/c1-12(2)21-9-4-7-17-15(20)13-5-3-6-14(11-13)19-16-18-8-10-22-16/h3,5-6,8,10-12H,4,7,9H2,1-2H3,(H,17,20)(H,18,19). The Morgan fingerprint density at radius 1 is 1.41 bits per heavy atom. The summed E-state index contributed by atoms with van der Waals surface area (Å²) in [6, 6.07) is 7.38. The van der Waals surface area contributed by atoms with E-state index in [1.165, 1.54) is 11.3 Å². The normalized spacial score (nSPS) is 10.7. The van der Waals surface area contributed by atoms with Gasteiger partial charge in [0.15, 0.2) is 5.13 Å². The van der Waals surface area contributed by atoms with Gasteiger partial charge in [-0.15, -0.1) is 11.3 Å². The molecule has 6 heteroatoms. The van der Waals surface area contributed by atoms with Crippen molar-refractivity contribution in [3.63, 3.8) is 0 Å². The van der Waals surface area contributed by atoms with Crippen LogP contribution in [0, 0.1) is 0 Å². The molecule has 0 saturated heterocycles. The van der Waals surface area contributed by atoms with Gasteiger partial charge in [-0.2, -0.15) is 0 Å². The molecule has 1 heterocycles. The molecule has 2 N–H and O–H groups in total. The van der Waals surface area contributed by atoms with Crippen LogP contribution in [0.2, 0.25) is 0 Å². The van der Waals surface area contributed by atoms with Gasteiger partial charge in [0.05, 0.1) is 6.10 Å². The molecule has 0 saturated carbocycles. The SMILES string of the molecule is CC(C)OCCCNC(=O)c1cccc(Nc2nccs2)c1. The maximum Gasteiger partial charge on any atom is 0.251 e. The first kappa shape index (κ1) is 16.5. The van der Waals surface area contributed by atoms with E-state index in [9.17, 15) is 4.79 Å². The topological polar surface area (TPSA) is 63.2 Å². The van der Waals surface area contributed by atoms with E-state index in [1.807, 2.05) is 37.4 Å². The second-order valence-electron chi connectivity index (χ2n) is 5.07. The van der Waals surface area contributed by atoms with E-state index in [2.05, 4.69) is 15.6 Å². The number of aromatic nitrogens is 1. The maximum absolute atomic E-state index is 12.1. The van der Waals surface area contributed by atoms with Crippen molar-refractivity contribution in [3.05, 3.63) is 41.4 Å². The predicted octanol–water partition coefficient (Wildman–Crippen LogP) is 3.43. The van der Waals surface area contributed by atoms with Gasteiger partial charge < -0.3 is 15.4 Å². The van der Waals surface area contributed by atoms with Crippen LogP contribution in [0.15, 0.2) is 35.8 Å². The number of hydrogen-bond acceptors (Lipinski definition) is 5. The van der Waals surface area contributed by atoms with E-state index in [-0.39, 0.29) is 12.0 Å². The van der Waals surface area contributed by atoms with Crippen LogP contribution >= 0.6 is 11.3 Å². The first-order valence-corrected chi connectivity index (χ1v) is 8.19. The third-order valence-corrected chi connectivity index (χ3v) is 3.55. The molecule has 0 radical (unpaired) electrons. The molecular formula is C16H21N3O2S. The van der Waals surface area contributed by atoms with Gasteiger partial charge in [-0.1, -0.05) is 6.07 Å². The average Bonchev–Trinajstić information content (AvgIpc) is 2.99. The molecule has 0 aliphatic heterocycles. The van der Waals surface area contributed by atoms with Crippen molar-refractivity contribution in [1.29, 1.82) is 0 Å². The summed E-state index contributed by atoms with van der Waals surface area (Å²) in [6.07, 6.45) is 2.77. The molecule has 0 unspecified atom stereocenters. The summed E-state index contributed by atoms with van der Waals surface area (Å²) >= 11 is 1.52. The molecule has 0 aliphatic rings. The molecule has 0 atom stereocenters. The van der Waals surface area contributed by atoms with Crippen LogP contribution in [0.5, 0.6) is 0 Å². The average molecular weight is 319 g/mol. The Kier molecular flexibility index (Phi) is 6.36. The zero-order valence-corrected chi connectivity index (χ0v) is 13.7. The Balaban J connectivity index is 1.82. The number of benzene rings is 1. The summed E-state index contributed by atoms with van der Waals surface area (Å²) in [6.45, 7) is 5.26. The predicted molar refractivity (Wildman–Crippen MR) is 89.9 cm³/mol. The van der Waals surface area contributed by atoms with Crippen LogP contribution in [0.1, 0.15) is 30.6 Å². The zero-order chi connectivity index (χ0) is 15.8. The first-order chi connectivity index (χ1) is 10.6. The van der Waals surface area contributed by atoms with Gasteiger partial charge in [-0.05, 0) is 38.5 Å². The highest BCUT2D eigenvalue weighted by molar-refractivity contribution is 7.13. The van der Waals surface area contributed by atoms with Crippen molar-refractivity contribution in [2.75, 3.05) is 18.5 Å². The van der Waals surface area contributed by atoms with E-state index < -0.39 is 0 Å². The van der Waals surface area contributed by atoms with E-state index in [0.29, 0.717) is 18.7 Å². The fraction of sp³-hybridized carbons (Fsp3) is 0.375. The van der Waals surface area contributed by atoms with Crippen molar-refractivity contribution >= 4 is 28.1 Å². The molecule has 22 heavy (non-hydrogen) atoms. The number of carbonyl (C=O) groups excluding carboxylic acids is 1.